The molecule has 1 aromatic carbocycles. The van der Waals surface area contributed by atoms with E-state index in [2.05, 4.69) is 51.0 Å². The highest BCUT2D eigenvalue weighted by Crippen LogP contribution is 2.24. The first-order valence-corrected chi connectivity index (χ1v) is 7.90. The zero-order chi connectivity index (χ0) is 15.2. The van der Waals surface area contributed by atoms with Gasteiger partial charge in [0.25, 0.3) is 0 Å². The normalized spacial score (nSPS) is 13.8. The highest BCUT2D eigenvalue weighted by molar-refractivity contribution is 6.31. The summed E-state index contributed by atoms with van der Waals surface area (Å²) in [5.41, 5.74) is 1.42. The van der Waals surface area contributed by atoms with Crippen LogP contribution in [0.5, 0.6) is 0 Å². The lowest BCUT2D eigenvalue weighted by Crippen LogP contribution is -2.46. The summed E-state index contributed by atoms with van der Waals surface area (Å²) in [7, 11) is 2.16. The van der Waals surface area contributed by atoms with E-state index in [1.54, 1.807) is 0 Å². The first-order valence-electron chi connectivity index (χ1n) is 7.52. The largest absolute Gasteiger partial charge is 0.314 e. The van der Waals surface area contributed by atoms with Gasteiger partial charge >= 0.3 is 0 Å². The third kappa shape index (κ3) is 5.43. The average molecular weight is 297 g/mol. The number of nitrogens with zero attached hydrogens (tertiary/aromatic N) is 1. The molecule has 0 spiro atoms. The van der Waals surface area contributed by atoms with Gasteiger partial charge in [-0.05, 0) is 44.0 Å². The molecule has 1 N–H and O–H groups in total. The molecule has 0 saturated carbocycles. The molecule has 1 unspecified atom stereocenters. The van der Waals surface area contributed by atoms with Crippen molar-refractivity contribution in [3.8, 4) is 0 Å². The first-order chi connectivity index (χ1) is 9.36. The molecule has 0 heterocycles. The molecular weight excluding hydrogens is 268 g/mol. The lowest BCUT2D eigenvalue weighted by Gasteiger charge is -2.36. The van der Waals surface area contributed by atoms with E-state index in [1.165, 1.54) is 12.0 Å². The molecule has 2 nitrogen and oxygen atoms in total. The summed E-state index contributed by atoms with van der Waals surface area (Å²) in [5.74, 6) is 0. The SMILES string of the molecule is CCCNC(C)C(C)(C)CN(C)Cc1ccccc1Cl. The van der Waals surface area contributed by atoms with Gasteiger partial charge in [0, 0.05) is 24.2 Å². The van der Waals surface area contributed by atoms with Crippen molar-refractivity contribution in [3.63, 3.8) is 0 Å². The van der Waals surface area contributed by atoms with E-state index in [9.17, 15) is 0 Å². The summed E-state index contributed by atoms with van der Waals surface area (Å²) in [6, 6.07) is 8.58. The zero-order valence-electron chi connectivity index (χ0n) is 13.5. The van der Waals surface area contributed by atoms with Crippen molar-refractivity contribution in [2.24, 2.45) is 5.41 Å². The molecule has 0 amide bonds. The van der Waals surface area contributed by atoms with Crippen LogP contribution in [0, 0.1) is 5.41 Å². The predicted octanol–water partition coefficient (Wildman–Crippen LogP) is 4.19. The summed E-state index contributed by atoms with van der Waals surface area (Å²) in [5, 5.41) is 4.46. The summed E-state index contributed by atoms with van der Waals surface area (Å²) < 4.78 is 0. The quantitative estimate of drug-likeness (QED) is 0.774. The zero-order valence-corrected chi connectivity index (χ0v) is 14.3. The Balaban J connectivity index is 2.56. The molecular formula is C17H29ClN2. The average Bonchev–Trinajstić information content (AvgIpc) is 2.38. The van der Waals surface area contributed by atoms with E-state index < -0.39 is 0 Å². The van der Waals surface area contributed by atoms with E-state index in [0.29, 0.717) is 6.04 Å². The van der Waals surface area contributed by atoms with Crippen molar-refractivity contribution in [2.45, 2.75) is 46.7 Å². The van der Waals surface area contributed by atoms with Gasteiger partial charge in [-0.25, -0.2) is 0 Å². The van der Waals surface area contributed by atoms with Crippen LogP contribution in [0.4, 0.5) is 0 Å². The Kier molecular flexibility index (Phi) is 7.01. The third-order valence-electron chi connectivity index (χ3n) is 3.95. The number of hydrogen-bond acceptors (Lipinski definition) is 2. The smallest absolute Gasteiger partial charge is 0.0451 e. The Bertz CT molecular complexity index is 404. The minimum atomic E-state index is 0.227. The third-order valence-corrected chi connectivity index (χ3v) is 4.32. The van der Waals surface area contributed by atoms with Gasteiger partial charge < -0.3 is 10.2 Å². The number of halogens is 1. The minimum Gasteiger partial charge on any atom is -0.314 e. The molecule has 20 heavy (non-hydrogen) atoms. The van der Waals surface area contributed by atoms with Crippen LogP contribution < -0.4 is 5.32 Å². The molecule has 0 aromatic heterocycles. The predicted molar refractivity (Wildman–Crippen MR) is 89.3 cm³/mol. The summed E-state index contributed by atoms with van der Waals surface area (Å²) in [4.78, 5) is 2.35. The van der Waals surface area contributed by atoms with Crippen molar-refractivity contribution < 1.29 is 0 Å². The maximum Gasteiger partial charge on any atom is 0.0451 e. The van der Waals surface area contributed by atoms with E-state index in [4.69, 9.17) is 11.6 Å². The van der Waals surface area contributed by atoms with E-state index >= 15 is 0 Å². The highest BCUT2D eigenvalue weighted by atomic mass is 35.5. The van der Waals surface area contributed by atoms with Crippen LogP contribution in [0.3, 0.4) is 0 Å². The van der Waals surface area contributed by atoms with Crippen molar-refractivity contribution in [3.05, 3.63) is 34.9 Å². The molecule has 1 rings (SSSR count). The van der Waals surface area contributed by atoms with Crippen molar-refractivity contribution >= 4 is 11.6 Å². The summed E-state index contributed by atoms with van der Waals surface area (Å²) >= 11 is 6.23. The van der Waals surface area contributed by atoms with E-state index in [-0.39, 0.29) is 5.41 Å². The second kappa shape index (κ2) is 8.02. The Labute approximate surface area is 129 Å². The van der Waals surface area contributed by atoms with Crippen LogP contribution in [0.25, 0.3) is 0 Å². The molecule has 0 saturated heterocycles. The fourth-order valence-corrected chi connectivity index (χ4v) is 2.64. The van der Waals surface area contributed by atoms with Crippen molar-refractivity contribution in [2.75, 3.05) is 20.1 Å². The number of rotatable bonds is 8. The van der Waals surface area contributed by atoms with Gasteiger partial charge in [0.1, 0.15) is 0 Å². The molecule has 0 aliphatic heterocycles. The summed E-state index contributed by atoms with van der Waals surface area (Å²) in [6.45, 7) is 12.1. The minimum absolute atomic E-state index is 0.227. The monoisotopic (exact) mass is 296 g/mol. The molecule has 0 aliphatic carbocycles. The second-order valence-corrected chi connectivity index (χ2v) is 6.84. The van der Waals surface area contributed by atoms with Crippen LogP contribution in [0.15, 0.2) is 24.3 Å². The van der Waals surface area contributed by atoms with Gasteiger partial charge in [-0.1, -0.05) is 50.6 Å². The number of hydrogen-bond donors (Lipinski definition) is 1. The van der Waals surface area contributed by atoms with Crippen LogP contribution in [-0.4, -0.2) is 31.1 Å². The molecule has 1 aromatic rings. The molecule has 0 fully saturated rings. The topological polar surface area (TPSA) is 15.3 Å². The van der Waals surface area contributed by atoms with Gasteiger partial charge in [0.05, 0.1) is 0 Å². The van der Waals surface area contributed by atoms with Crippen molar-refractivity contribution in [1.29, 1.82) is 0 Å². The second-order valence-electron chi connectivity index (χ2n) is 6.43. The van der Waals surface area contributed by atoms with Crippen LogP contribution in [-0.2, 0) is 6.54 Å². The van der Waals surface area contributed by atoms with E-state index in [0.717, 1.165) is 24.7 Å². The Morgan fingerprint density at radius 3 is 2.55 bits per heavy atom. The highest BCUT2D eigenvalue weighted by Gasteiger charge is 2.26. The molecule has 0 radical (unpaired) electrons. The van der Waals surface area contributed by atoms with Gasteiger partial charge in [-0.2, -0.15) is 0 Å². The van der Waals surface area contributed by atoms with Crippen LogP contribution >= 0.6 is 11.6 Å². The number of benzene rings is 1. The first kappa shape index (κ1) is 17.5. The Morgan fingerprint density at radius 2 is 1.95 bits per heavy atom. The van der Waals surface area contributed by atoms with Crippen LogP contribution in [0.1, 0.15) is 39.7 Å². The van der Waals surface area contributed by atoms with Gasteiger partial charge in [0.2, 0.25) is 0 Å². The standard InChI is InChI=1S/C17H29ClN2/c1-6-11-19-14(2)17(3,4)13-20(5)12-15-9-7-8-10-16(15)18/h7-10,14,19H,6,11-13H2,1-5H3. The lowest BCUT2D eigenvalue weighted by molar-refractivity contribution is 0.160. The fraction of sp³-hybridized carbons (Fsp3) is 0.647. The van der Waals surface area contributed by atoms with Gasteiger partial charge in [-0.3, -0.25) is 0 Å². The fourth-order valence-electron chi connectivity index (χ4n) is 2.44. The lowest BCUT2D eigenvalue weighted by atomic mass is 9.84. The van der Waals surface area contributed by atoms with Crippen molar-refractivity contribution in [1.82, 2.24) is 10.2 Å². The van der Waals surface area contributed by atoms with Crippen LogP contribution in [0.2, 0.25) is 5.02 Å². The maximum absolute atomic E-state index is 6.23. The van der Waals surface area contributed by atoms with E-state index in [1.807, 2.05) is 18.2 Å². The molecule has 0 bridgehead atoms. The maximum atomic E-state index is 6.23. The molecule has 0 aliphatic rings. The molecule has 114 valence electrons. The Morgan fingerprint density at radius 1 is 1.30 bits per heavy atom. The molecule has 3 heteroatoms. The Hall–Kier alpha value is -0.570. The molecule has 1 atom stereocenters. The van der Waals surface area contributed by atoms with Gasteiger partial charge in [-0.15, -0.1) is 0 Å². The summed E-state index contributed by atoms with van der Waals surface area (Å²) in [6.07, 6.45) is 1.18. The number of nitrogens with one attached hydrogen (secondary N) is 1. The van der Waals surface area contributed by atoms with Gasteiger partial charge in [0.15, 0.2) is 0 Å².